The molecule has 3 rings (SSSR count). The van der Waals surface area contributed by atoms with E-state index in [0.717, 1.165) is 29.4 Å². The lowest BCUT2D eigenvalue weighted by atomic mass is 9.95. The minimum absolute atomic E-state index is 0.00419. The van der Waals surface area contributed by atoms with Crippen LogP contribution in [-0.4, -0.2) is 50.0 Å². The number of carbonyl (C=O) groups excluding carboxylic acids is 1. The normalized spacial score (nSPS) is 20.7. The van der Waals surface area contributed by atoms with E-state index in [1.165, 1.54) is 6.07 Å². The monoisotopic (exact) mass is 472 g/mol. The third kappa shape index (κ3) is 5.29. The van der Waals surface area contributed by atoms with Crippen molar-refractivity contribution in [1.29, 1.82) is 0 Å². The summed E-state index contributed by atoms with van der Waals surface area (Å²) in [5.74, 6) is -5.86. The summed E-state index contributed by atoms with van der Waals surface area (Å²) in [6.45, 7) is 2.23. The van der Waals surface area contributed by atoms with Crippen LogP contribution < -0.4 is 4.72 Å². The molecule has 0 saturated carbocycles. The molecule has 2 aromatic rings. The highest BCUT2D eigenvalue weighted by Gasteiger charge is 2.56. The van der Waals surface area contributed by atoms with Crippen LogP contribution in [0.2, 0.25) is 0 Å². The van der Waals surface area contributed by atoms with Gasteiger partial charge in [0, 0.05) is 11.5 Å². The van der Waals surface area contributed by atoms with Crippen molar-refractivity contribution in [2.75, 3.05) is 12.8 Å². The van der Waals surface area contributed by atoms with E-state index in [9.17, 15) is 30.8 Å². The lowest BCUT2D eigenvalue weighted by molar-refractivity contribution is -0.136. The van der Waals surface area contributed by atoms with Gasteiger partial charge in [-0.2, -0.15) is 0 Å². The van der Waals surface area contributed by atoms with Gasteiger partial charge in [-0.25, -0.2) is 30.7 Å². The van der Waals surface area contributed by atoms with Crippen LogP contribution in [0.4, 0.5) is 17.6 Å². The molecule has 1 aliphatic heterocycles. The molecule has 1 amide bonds. The SMILES string of the molecule is CC(C)C(=O)N1CC(F)(F)[C@H](NS(C)(=O)=O)[C@@H]1Cc1cccc(-c2cc(F)ccc2F)c1. The summed E-state index contributed by atoms with van der Waals surface area (Å²) in [5.41, 5.74) is 0.804. The molecule has 0 spiro atoms. The molecule has 1 heterocycles. The molecule has 1 fully saturated rings. The second kappa shape index (κ2) is 8.82. The van der Waals surface area contributed by atoms with Crippen LogP contribution in [0.5, 0.6) is 0 Å². The zero-order chi connectivity index (χ0) is 23.8. The predicted octanol–water partition coefficient (Wildman–Crippen LogP) is 3.59. The van der Waals surface area contributed by atoms with E-state index in [1.807, 2.05) is 4.72 Å². The summed E-state index contributed by atoms with van der Waals surface area (Å²) < 4.78 is 82.9. The molecule has 10 heteroatoms. The fraction of sp³-hybridized carbons (Fsp3) is 0.409. The highest BCUT2D eigenvalue weighted by atomic mass is 32.2. The fourth-order valence-corrected chi connectivity index (χ4v) is 4.72. The summed E-state index contributed by atoms with van der Waals surface area (Å²) in [6, 6.07) is 6.25. The van der Waals surface area contributed by atoms with Crippen LogP contribution in [0.15, 0.2) is 42.5 Å². The Morgan fingerprint density at radius 1 is 1.19 bits per heavy atom. The van der Waals surface area contributed by atoms with Gasteiger partial charge in [0.25, 0.3) is 5.92 Å². The van der Waals surface area contributed by atoms with Crippen molar-refractivity contribution in [3.05, 3.63) is 59.7 Å². The molecule has 0 aliphatic carbocycles. The number of likely N-dealkylation sites (tertiary alicyclic amines) is 1. The quantitative estimate of drug-likeness (QED) is 0.654. The van der Waals surface area contributed by atoms with Crippen molar-refractivity contribution in [2.24, 2.45) is 5.92 Å². The van der Waals surface area contributed by atoms with Crippen LogP contribution >= 0.6 is 0 Å². The maximum atomic E-state index is 14.8. The van der Waals surface area contributed by atoms with E-state index in [2.05, 4.69) is 0 Å². The van der Waals surface area contributed by atoms with Gasteiger partial charge < -0.3 is 4.90 Å². The molecular formula is C22H24F4N2O3S. The summed E-state index contributed by atoms with van der Waals surface area (Å²) in [7, 11) is -3.99. The molecule has 0 bridgehead atoms. The molecule has 2 aromatic carbocycles. The second-order valence-electron chi connectivity index (χ2n) is 8.35. The van der Waals surface area contributed by atoms with Gasteiger partial charge in [0.15, 0.2) is 0 Å². The number of nitrogens with one attached hydrogen (secondary N) is 1. The third-order valence-electron chi connectivity index (χ3n) is 5.35. The molecule has 2 atom stereocenters. The maximum absolute atomic E-state index is 14.8. The van der Waals surface area contributed by atoms with E-state index in [4.69, 9.17) is 0 Å². The van der Waals surface area contributed by atoms with Crippen molar-refractivity contribution >= 4 is 15.9 Å². The first-order valence-electron chi connectivity index (χ1n) is 9.98. The zero-order valence-corrected chi connectivity index (χ0v) is 18.6. The molecular weight excluding hydrogens is 448 g/mol. The van der Waals surface area contributed by atoms with Crippen LogP contribution in [0.25, 0.3) is 11.1 Å². The molecule has 1 saturated heterocycles. The number of carbonyl (C=O) groups is 1. The lowest BCUT2D eigenvalue weighted by Gasteiger charge is -2.29. The number of rotatable bonds is 6. The Hall–Kier alpha value is -2.46. The number of hydrogen-bond acceptors (Lipinski definition) is 3. The van der Waals surface area contributed by atoms with Crippen LogP contribution in [0.3, 0.4) is 0 Å². The lowest BCUT2D eigenvalue weighted by Crippen LogP contribution is -2.52. The van der Waals surface area contributed by atoms with Crippen LogP contribution in [0.1, 0.15) is 19.4 Å². The minimum atomic E-state index is -3.99. The van der Waals surface area contributed by atoms with Gasteiger partial charge in [-0.1, -0.05) is 38.1 Å². The zero-order valence-electron chi connectivity index (χ0n) is 17.8. The molecule has 0 radical (unpaired) electrons. The van der Waals surface area contributed by atoms with Gasteiger partial charge in [-0.05, 0) is 35.7 Å². The third-order valence-corrected chi connectivity index (χ3v) is 6.03. The summed E-state index contributed by atoms with van der Waals surface area (Å²) in [6.07, 6.45) is 0.673. The smallest absolute Gasteiger partial charge is 0.283 e. The number of alkyl halides is 2. The van der Waals surface area contributed by atoms with E-state index < -0.39 is 58.0 Å². The Bertz CT molecular complexity index is 1120. The molecule has 0 aromatic heterocycles. The highest BCUT2D eigenvalue weighted by molar-refractivity contribution is 7.88. The summed E-state index contributed by atoms with van der Waals surface area (Å²) in [5, 5.41) is 0. The Morgan fingerprint density at radius 3 is 2.50 bits per heavy atom. The van der Waals surface area contributed by atoms with Crippen molar-refractivity contribution in [3.63, 3.8) is 0 Å². The van der Waals surface area contributed by atoms with Gasteiger partial charge in [0.2, 0.25) is 15.9 Å². The maximum Gasteiger partial charge on any atom is 0.283 e. The summed E-state index contributed by atoms with van der Waals surface area (Å²) in [4.78, 5) is 13.6. The van der Waals surface area contributed by atoms with Crippen LogP contribution in [0, 0.1) is 17.6 Å². The van der Waals surface area contributed by atoms with Crippen molar-refractivity contribution in [1.82, 2.24) is 9.62 Å². The minimum Gasteiger partial charge on any atom is -0.331 e. The first-order valence-corrected chi connectivity index (χ1v) is 11.9. The molecule has 174 valence electrons. The molecule has 1 aliphatic rings. The second-order valence-corrected chi connectivity index (χ2v) is 10.1. The first kappa shape index (κ1) is 24.2. The number of hydrogen-bond donors (Lipinski definition) is 1. The van der Waals surface area contributed by atoms with Gasteiger partial charge in [-0.3, -0.25) is 4.79 Å². The topological polar surface area (TPSA) is 66.5 Å². The van der Waals surface area contributed by atoms with E-state index >= 15 is 0 Å². The molecule has 32 heavy (non-hydrogen) atoms. The largest absolute Gasteiger partial charge is 0.331 e. The van der Waals surface area contributed by atoms with Gasteiger partial charge in [0.1, 0.15) is 17.7 Å². The van der Waals surface area contributed by atoms with Gasteiger partial charge in [0.05, 0.1) is 18.8 Å². The Kier molecular flexibility index (Phi) is 6.67. The average Bonchev–Trinajstić information content (AvgIpc) is 2.92. The van der Waals surface area contributed by atoms with Crippen LogP contribution in [-0.2, 0) is 21.2 Å². The van der Waals surface area contributed by atoms with Crippen molar-refractivity contribution in [2.45, 2.75) is 38.3 Å². The number of nitrogens with zero attached hydrogens (tertiary/aromatic N) is 1. The predicted molar refractivity (Wildman–Crippen MR) is 113 cm³/mol. The van der Waals surface area contributed by atoms with Crippen molar-refractivity contribution in [3.8, 4) is 11.1 Å². The number of amides is 1. The van der Waals surface area contributed by atoms with E-state index in [-0.39, 0.29) is 12.0 Å². The van der Waals surface area contributed by atoms with Gasteiger partial charge >= 0.3 is 0 Å². The van der Waals surface area contributed by atoms with Gasteiger partial charge in [-0.15, -0.1) is 0 Å². The number of halogens is 4. The van der Waals surface area contributed by atoms with E-state index in [1.54, 1.807) is 32.0 Å². The van der Waals surface area contributed by atoms with Crippen molar-refractivity contribution < 1.29 is 30.8 Å². The number of sulfonamides is 1. The fourth-order valence-electron chi connectivity index (χ4n) is 3.93. The van der Waals surface area contributed by atoms with E-state index in [0.29, 0.717) is 11.1 Å². The Labute approximate surface area is 184 Å². The molecule has 1 N–H and O–H groups in total. The average molecular weight is 473 g/mol. The molecule has 5 nitrogen and oxygen atoms in total. The Morgan fingerprint density at radius 2 is 1.88 bits per heavy atom. The first-order chi connectivity index (χ1) is 14.8. The summed E-state index contributed by atoms with van der Waals surface area (Å²) >= 11 is 0. The standard InChI is InChI=1S/C22H24F4N2O3S/c1-13(2)21(29)28-12-22(25,26)20(27-32(3,30)31)19(28)10-14-5-4-6-15(9-14)17-11-16(23)7-8-18(17)24/h4-9,11,13,19-20,27H,10,12H2,1-3H3/t19-,20+/m0/s1. The Balaban J connectivity index is 2.00. The number of benzene rings is 2. The molecule has 0 unspecified atom stereocenters. The highest BCUT2D eigenvalue weighted by Crippen LogP contribution is 2.36.